The zero-order chi connectivity index (χ0) is 33.2. The van der Waals surface area contributed by atoms with Gasteiger partial charge < -0.3 is 34.3 Å². The maximum absolute atomic E-state index is 13.2. The Morgan fingerprint density at radius 1 is 0.837 bits per heavy atom. The van der Waals surface area contributed by atoms with E-state index >= 15 is 0 Å². The maximum Gasteiger partial charge on any atom is 0.410 e. The minimum atomic E-state index is -0.284. The highest BCUT2D eigenvalue weighted by Gasteiger charge is 2.40. The molecule has 5 heterocycles. The van der Waals surface area contributed by atoms with Crippen LogP contribution in [-0.2, 0) is 20.8 Å². The summed E-state index contributed by atoms with van der Waals surface area (Å²) in [5.74, 6) is 0. The third-order valence-electron chi connectivity index (χ3n) is 9.47. The van der Waals surface area contributed by atoms with Gasteiger partial charge in [-0.15, -0.1) is 0 Å². The number of carbonyl (C=O) groups excluding carboxylic acids is 1. The van der Waals surface area contributed by atoms with E-state index in [0.29, 0.717) is 39.5 Å². The quantitative estimate of drug-likeness (QED) is 0.223. The molecule has 12 heteroatoms. The van der Waals surface area contributed by atoms with Crippen LogP contribution in [0, 0.1) is 0 Å². The van der Waals surface area contributed by atoms with Gasteiger partial charge in [-0.2, -0.15) is 0 Å². The number of aromatic amines is 1. The number of likely N-dealkylation sites (tertiary alicyclic amines) is 1. The molecule has 254 valence electrons. The Hall–Kier alpha value is -3.94. The predicted octanol–water partition coefficient (Wildman–Crippen LogP) is 5.63. The Balaban J connectivity index is 0.996. The molecule has 2 N–H and O–H groups in total. The first-order chi connectivity index (χ1) is 24.1. The van der Waals surface area contributed by atoms with E-state index in [1.165, 1.54) is 9.79 Å². The summed E-state index contributed by atoms with van der Waals surface area (Å²) >= 11 is 3.49. The number of carbonyl (C=O) groups is 1. The Morgan fingerprint density at radius 2 is 1.63 bits per heavy atom. The first kappa shape index (κ1) is 32.3. The molecule has 4 aliphatic rings. The third-order valence-corrected chi connectivity index (χ3v) is 12.1. The minimum Gasteiger partial charge on any atom is -0.445 e. The first-order valence-corrected chi connectivity index (χ1v) is 18.4. The van der Waals surface area contributed by atoms with Crippen molar-refractivity contribution in [3.63, 3.8) is 0 Å². The van der Waals surface area contributed by atoms with E-state index in [9.17, 15) is 9.59 Å². The number of ether oxygens (including phenoxy) is 3. The number of hydrogen-bond acceptors (Lipinski definition) is 10. The topological polar surface area (TPSA) is 99.4 Å². The molecule has 1 amide bonds. The van der Waals surface area contributed by atoms with Crippen molar-refractivity contribution in [2.75, 3.05) is 75.9 Å². The fourth-order valence-corrected chi connectivity index (χ4v) is 9.38. The molecular formula is C37H39N5O5S2. The molecule has 49 heavy (non-hydrogen) atoms. The Morgan fingerprint density at radius 3 is 2.45 bits per heavy atom. The highest BCUT2D eigenvalue weighted by atomic mass is 32.2. The first-order valence-electron chi connectivity index (χ1n) is 16.8. The molecule has 3 fully saturated rings. The summed E-state index contributed by atoms with van der Waals surface area (Å²) in [4.78, 5) is 40.2. The number of nitrogens with zero attached hydrogens (tertiary/aromatic N) is 3. The fraction of sp³-hybridized carbons (Fsp3) is 0.351. The van der Waals surface area contributed by atoms with Gasteiger partial charge in [0.05, 0.1) is 38.2 Å². The monoisotopic (exact) mass is 697 g/mol. The Kier molecular flexibility index (Phi) is 9.55. The molecule has 10 nitrogen and oxygen atoms in total. The van der Waals surface area contributed by atoms with Gasteiger partial charge in [-0.05, 0) is 35.9 Å². The van der Waals surface area contributed by atoms with Crippen LogP contribution in [0.3, 0.4) is 0 Å². The summed E-state index contributed by atoms with van der Waals surface area (Å²) in [6.07, 6.45) is -0.284. The smallest absolute Gasteiger partial charge is 0.410 e. The minimum absolute atomic E-state index is 0.0381. The molecular weight excluding hydrogens is 659 g/mol. The number of fused-ring (bicyclic) bond motifs is 2. The normalized spacial score (nSPS) is 20.8. The van der Waals surface area contributed by atoms with Crippen molar-refractivity contribution in [2.24, 2.45) is 0 Å². The molecule has 3 saturated heterocycles. The molecule has 0 saturated carbocycles. The van der Waals surface area contributed by atoms with Gasteiger partial charge in [-0.1, -0.05) is 66.0 Å². The van der Waals surface area contributed by atoms with Gasteiger partial charge in [0.2, 0.25) is 5.56 Å². The number of benzene rings is 3. The van der Waals surface area contributed by atoms with E-state index in [1.54, 1.807) is 29.6 Å². The summed E-state index contributed by atoms with van der Waals surface area (Å²) in [6, 6.07) is 26.6. The van der Waals surface area contributed by atoms with E-state index in [1.807, 2.05) is 35.2 Å². The largest absolute Gasteiger partial charge is 0.445 e. The lowest BCUT2D eigenvalue weighted by molar-refractivity contribution is 0.0167. The van der Waals surface area contributed by atoms with E-state index < -0.39 is 0 Å². The van der Waals surface area contributed by atoms with Gasteiger partial charge in [0.15, 0.2) is 0 Å². The molecule has 0 unspecified atom stereocenters. The molecule has 0 radical (unpaired) electrons. The van der Waals surface area contributed by atoms with Gasteiger partial charge in [0.25, 0.3) is 0 Å². The van der Waals surface area contributed by atoms with Crippen molar-refractivity contribution in [1.82, 2.24) is 14.8 Å². The second-order valence-corrected chi connectivity index (χ2v) is 14.8. The second-order valence-electron chi connectivity index (χ2n) is 12.6. The number of nitrogens with one attached hydrogen (secondary N) is 2. The number of aromatic nitrogens is 1. The van der Waals surface area contributed by atoms with Gasteiger partial charge in [0, 0.05) is 87.9 Å². The lowest BCUT2D eigenvalue weighted by Gasteiger charge is -2.35. The number of anilines is 2. The summed E-state index contributed by atoms with van der Waals surface area (Å²) in [5.41, 5.74) is 4.66. The zero-order valence-corrected chi connectivity index (χ0v) is 28.8. The molecule has 4 aliphatic heterocycles. The van der Waals surface area contributed by atoms with Crippen molar-refractivity contribution in [2.45, 2.75) is 38.3 Å². The van der Waals surface area contributed by atoms with Crippen molar-refractivity contribution in [3.8, 4) is 11.3 Å². The van der Waals surface area contributed by atoms with Crippen molar-refractivity contribution < 1.29 is 19.0 Å². The molecule has 4 aromatic rings. The number of H-pyrrole nitrogens is 1. The highest BCUT2D eigenvalue weighted by molar-refractivity contribution is 8.05. The average molecular weight is 698 g/mol. The SMILES string of the molecule is O=C(OCc1ccccc1)N1C[C@@H](N2CCOCC2)[C@H](Nc2ccc3c(c2)Sc2cccc(-c4cc(N5CCOCC5)cc(=O)[nH]4)c2S3)C1. The van der Waals surface area contributed by atoms with E-state index in [2.05, 4.69) is 62.6 Å². The van der Waals surface area contributed by atoms with Gasteiger partial charge in [0.1, 0.15) is 6.61 Å². The summed E-state index contributed by atoms with van der Waals surface area (Å²) in [6.45, 7) is 7.36. The number of amides is 1. The molecule has 8 rings (SSSR count). The zero-order valence-electron chi connectivity index (χ0n) is 27.1. The summed E-state index contributed by atoms with van der Waals surface area (Å²) in [5, 5.41) is 3.79. The van der Waals surface area contributed by atoms with Crippen molar-refractivity contribution in [1.29, 1.82) is 0 Å². The number of pyridine rings is 1. The average Bonchev–Trinajstić information content (AvgIpc) is 3.57. The predicted molar refractivity (Wildman–Crippen MR) is 192 cm³/mol. The summed E-state index contributed by atoms with van der Waals surface area (Å²) < 4.78 is 16.9. The second kappa shape index (κ2) is 14.5. The molecule has 3 aromatic carbocycles. The lowest BCUT2D eigenvalue weighted by Crippen LogP contribution is -2.51. The number of hydrogen-bond donors (Lipinski definition) is 2. The molecule has 0 spiro atoms. The maximum atomic E-state index is 13.2. The van der Waals surface area contributed by atoms with Crippen LogP contribution in [0.25, 0.3) is 11.3 Å². The van der Waals surface area contributed by atoms with Crippen LogP contribution < -0.4 is 15.8 Å². The number of morpholine rings is 2. The fourth-order valence-electron chi connectivity index (χ4n) is 6.96. The van der Waals surface area contributed by atoms with Crippen LogP contribution in [0.1, 0.15) is 5.56 Å². The van der Waals surface area contributed by atoms with Gasteiger partial charge in [-0.3, -0.25) is 9.69 Å². The highest BCUT2D eigenvalue weighted by Crippen LogP contribution is 2.52. The van der Waals surface area contributed by atoms with Crippen LogP contribution in [0.2, 0.25) is 0 Å². The van der Waals surface area contributed by atoms with Gasteiger partial charge in [-0.25, -0.2) is 4.79 Å². The standard InChI is InChI=1S/C37H39N5O5S2/c43-35-21-27(40-11-15-45-16-12-40)20-29(39-35)28-7-4-8-33-36(28)49-32-10-9-26(19-34(32)48-33)38-30-22-42(23-31(30)41-13-17-46-18-14-41)37(44)47-24-25-5-2-1-3-6-25/h1-10,19-21,30-31,38H,11-18,22-24H2,(H,39,43)/t30-,31-/m1/s1. The summed E-state index contributed by atoms with van der Waals surface area (Å²) in [7, 11) is 0. The lowest BCUT2D eigenvalue weighted by atomic mass is 10.1. The van der Waals surface area contributed by atoms with Gasteiger partial charge >= 0.3 is 6.09 Å². The third kappa shape index (κ3) is 7.20. The Bertz CT molecular complexity index is 1860. The van der Waals surface area contributed by atoms with Crippen LogP contribution >= 0.6 is 23.5 Å². The van der Waals surface area contributed by atoms with E-state index in [-0.39, 0.29) is 30.3 Å². The van der Waals surface area contributed by atoms with Crippen LogP contribution in [0.15, 0.2) is 103 Å². The Labute approximate surface area is 294 Å². The van der Waals surface area contributed by atoms with Crippen molar-refractivity contribution in [3.05, 3.63) is 94.8 Å². The molecule has 1 aromatic heterocycles. The van der Waals surface area contributed by atoms with Crippen LogP contribution in [0.4, 0.5) is 16.2 Å². The molecule has 2 atom stereocenters. The molecule has 0 aliphatic carbocycles. The van der Waals surface area contributed by atoms with Crippen LogP contribution in [0.5, 0.6) is 0 Å². The van der Waals surface area contributed by atoms with Crippen molar-refractivity contribution >= 4 is 41.0 Å². The van der Waals surface area contributed by atoms with Crippen LogP contribution in [-0.4, -0.2) is 98.7 Å². The molecule has 0 bridgehead atoms. The van der Waals surface area contributed by atoms with E-state index in [4.69, 9.17) is 14.2 Å². The number of rotatable bonds is 7. The van der Waals surface area contributed by atoms with E-state index in [0.717, 1.165) is 64.2 Å².